The summed E-state index contributed by atoms with van der Waals surface area (Å²) in [6, 6.07) is 0. The van der Waals surface area contributed by atoms with Gasteiger partial charge in [-0.15, -0.1) is 11.8 Å². The lowest BCUT2D eigenvalue weighted by atomic mass is 10.1. The predicted molar refractivity (Wildman–Crippen MR) is 75.3 cm³/mol. The molecule has 0 spiro atoms. The molecule has 1 aliphatic rings. The zero-order chi connectivity index (χ0) is 14.3. The van der Waals surface area contributed by atoms with Crippen molar-refractivity contribution in [1.82, 2.24) is 5.32 Å². The molecule has 0 bridgehead atoms. The minimum Gasteiger partial charge on any atom is -0.481 e. The molecule has 1 fully saturated rings. The molecule has 1 amide bonds. The largest absolute Gasteiger partial charge is 0.481 e. The number of carbonyl (C=O) groups is 2. The van der Waals surface area contributed by atoms with Crippen molar-refractivity contribution < 1.29 is 19.4 Å². The van der Waals surface area contributed by atoms with Crippen LogP contribution < -0.4 is 5.32 Å². The van der Waals surface area contributed by atoms with Gasteiger partial charge >= 0.3 is 5.97 Å². The molecule has 0 saturated heterocycles. The van der Waals surface area contributed by atoms with Crippen LogP contribution in [0.15, 0.2) is 0 Å². The van der Waals surface area contributed by atoms with Gasteiger partial charge in [0.05, 0.1) is 11.7 Å². The Bertz CT molecular complexity index is 318. The molecule has 19 heavy (non-hydrogen) atoms. The van der Waals surface area contributed by atoms with Crippen molar-refractivity contribution in [1.29, 1.82) is 0 Å². The third-order valence-corrected chi connectivity index (χ3v) is 4.81. The van der Waals surface area contributed by atoms with Gasteiger partial charge in [-0.1, -0.05) is 0 Å². The molecule has 0 radical (unpaired) electrons. The number of rotatable bonds is 10. The van der Waals surface area contributed by atoms with Crippen molar-refractivity contribution in [2.45, 2.75) is 37.9 Å². The zero-order valence-corrected chi connectivity index (χ0v) is 12.4. The van der Waals surface area contributed by atoms with Crippen LogP contribution in [-0.2, 0) is 14.3 Å². The Labute approximate surface area is 118 Å². The topological polar surface area (TPSA) is 75.6 Å². The maximum Gasteiger partial charge on any atom is 0.303 e. The molecule has 1 unspecified atom stereocenters. The summed E-state index contributed by atoms with van der Waals surface area (Å²) < 4.78 is 4.91. The predicted octanol–water partition coefficient (Wildman–Crippen LogP) is 1.52. The van der Waals surface area contributed by atoms with Gasteiger partial charge in [-0.25, -0.2) is 0 Å². The summed E-state index contributed by atoms with van der Waals surface area (Å²) in [6.45, 7) is 3.13. The highest BCUT2D eigenvalue weighted by Gasteiger charge is 2.44. The van der Waals surface area contributed by atoms with E-state index >= 15 is 0 Å². The van der Waals surface area contributed by atoms with Crippen LogP contribution in [0.1, 0.15) is 32.6 Å². The normalized spacial score (nSPS) is 17.8. The van der Waals surface area contributed by atoms with E-state index in [0.29, 0.717) is 13.2 Å². The first-order chi connectivity index (χ1) is 8.99. The quantitative estimate of drug-likeness (QED) is 0.596. The van der Waals surface area contributed by atoms with Crippen molar-refractivity contribution in [3.05, 3.63) is 0 Å². The summed E-state index contributed by atoms with van der Waals surface area (Å²) in [6.07, 6.45) is 2.97. The van der Waals surface area contributed by atoms with E-state index < -0.39 is 5.97 Å². The summed E-state index contributed by atoms with van der Waals surface area (Å²) in [5, 5.41) is 11.6. The Balaban J connectivity index is 2.18. The van der Waals surface area contributed by atoms with Gasteiger partial charge in [-0.05, 0) is 31.6 Å². The fraction of sp³-hybridized carbons (Fsp3) is 0.846. The molecule has 1 aliphatic carbocycles. The first-order valence-corrected chi connectivity index (χ1v) is 7.64. The second kappa shape index (κ2) is 7.75. The van der Waals surface area contributed by atoms with Gasteiger partial charge in [-0.3, -0.25) is 9.59 Å². The van der Waals surface area contributed by atoms with Crippen LogP contribution >= 0.6 is 11.8 Å². The second-order valence-electron chi connectivity index (χ2n) is 5.16. The van der Waals surface area contributed by atoms with E-state index in [0.717, 1.165) is 25.0 Å². The molecule has 0 aliphatic heterocycles. The molecule has 0 aromatic rings. The monoisotopic (exact) mass is 289 g/mol. The minimum atomic E-state index is -0.741. The fourth-order valence-corrected chi connectivity index (χ4v) is 3.05. The van der Waals surface area contributed by atoms with E-state index in [1.54, 1.807) is 18.9 Å². The van der Waals surface area contributed by atoms with Gasteiger partial charge in [-0.2, -0.15) is 0 Å². The van der Waals surface area contributed by atoms with E-state index in [1.165, 1.54) is 0 Å². The first-order valence-electron chi connectivity index (χ1n) is 6.59. The Morgan fingerprint density at radius 3 is 2.68 bits per heavy atom. The Kier molecular flexibility index (Phi) is 6.65. The Morgan fingerprint density at radius 1 is 1.47 bits per heavy atom. The maximum absolute atomic E-state index is 11.8. The van der Waals surface area contributed by atoms with Crippen LogP contribution in [0.4, 0.5) is 0 Å². The lowest BCUT2D eigenvalue weighted by Gasteiger charge is -2.16. The number of aliphatic carboxylic acids is 1. The summed E-state index contributed by atoms with van der Waals surface area (Å²) in [7, 11) is 1.64. The molecule has 2 N–H and O–H groups in total. The first kappa shape index (κ1) is 16.3. The lowest BCUT2D eigenvalue weighted by molar-refractivity contribution is -0.138. The van der Waals surface area contributed by atoms with Crippen LogP contribution in [0.5, 0.6) is 0 Å². The van der Waals surface area contributed by atoms with Crippen LogP contribution in [-0.4, -0.2) is 48.2 Å². The number of carboxylic acids is 1. The molecule has 1 atom stereocenters. The number of carboxylic acid groups (broad SMARTS) is 1. The molecular weight excluding hydrogens is 266 g/mol. The highest BCUT2D eigenvalue weighted by molar-refractivity contribution is 8.00. The Hall–Kier alpha value is -0.750. The molecule has 0 aromatic carbocycles. The average Bonchev–Trinajstić information content (AvgIpc) is 3.10. The number of methoxy groups -OCH3 is 1. The standard InChI is InChI=1S/C13H23NO4S/c1-10(12(17)14-6-3-7-18-2)19-9-13(4-5-13)8-11(15)16/h10H,3-9H2,1-2H3,(H,14,17)(H,15,16). The van der Waals surface area contributed by atoms with Crippen molar-refractivity contribution in [2.24, 2.45) is 5.41 Å². The fourth-order valence-electron chi connectivity index (χ4n) is 1.82. The molecule has 6 heteroatoms. The van der Waals surface area contributed by atoms with E-state index in [2.05, 4.69) is 5.32 Å². The zero-order valence-electron chi connectivity index (χ0n) is 11.6. The number of thioether (sulfide) groups is 1. The smallest absolute Gasteiger partial charge is 0.303 e. The Morgan fingerprint density at radius 2 is 2.16 bits per heavy atom. The van der Waals surface area contributed by atoms with Crippen LogP contribution in [0.2, 0.25) is 0 Å². The molecule has 5 nitrogen and oxygen atoms in total. The van der Waals surface area contributed by atoms with Gasteiger partial charge in [0.2, 0.25) is 5.91 Å². The average molecular weight is 289 g/mol. The van der Waals surface area contributed by atoms with Gasteiger partial charge < -0.3 is 15.2 Å². The van der Waals surface area contributed by atoms with Gasteiger partial charge in [0.15, 0.2) is 0 Å². The number of nitrogens with one attached hydrogen (secondary N) is 1. The van der Waals surface area contributed by atoms with Crippen LogP contribution in [0, 0.1) is 5.41 Å². The second-order valence-corrected chi connectivity index (χ2v) is 6.49. The lowest BCUT2D eigenvalue weighted by Crippen LogP contribution is -2.32. The minimum absolute atomic E-state index is 0.0206. The third kappa shape index (κ3) is 6.29. The summed E-state index contributed by atoms with van der Waals surface area (Å²) in [5.41, 5.74) is -0.0545. The third-order valence-electron chi connectivity index (χ3n) is 3.32. The summed E-state index contributed by atoms with van der Waals surface area (Å²) >= 11 is 1.55. The van der Waals surface area contributed by atoms with Crippen molar-refractivity contribution >= 4 is 23.6 Å². The molecule has 1 rings (SSSR count). The SMILES string of the molecule is COCCCNC(=O)C(C)SCC1(CC(=O)O)CC1. The highest BCUT2D eigenvalue weighted by Crippen LogP contribution is 2.51. The summed E-state index contributed by atoms with van der Waals surface area (Å²) in [5.74, 6) is 0.0355. The molecule has 110 valence electrons. The number of amides is 1. The van der Waals surface area contributed by atoms with E-state index in [-0.39, 0.29) is 23.0 Å². The van der Waals surface area contributed by atoms with Crippen LogP contribution in [0.3, 0.4) is 0 Å². The van der Waals surface area contributed by atoms with Gasteiger partial charge in [0, 0.05) is 26.0 Å². The van der Waals surface area contributed by atoms with Gasteiger partial charge in [0.1, 0.15) is 0 Å². The van der Waals surface area contributed by atoms with Gasteiger partial charge in [0.25, 0.3) is 0 Å². The number of hydrogen-bond donors (Lipinski definition) is 2. The number of ether oxygens (including phenoxy) is 1. The van der Waals surface area contributed by atoms with Crippen molar-refractivity contribution in [3.8, 4) is 0 Å². The maximum atomic E-state index is 11.8. The van der Waals surface area contributed by atoms with Crippen molar-refractivity contribution in [3.63, 3.8) is 0 Å². The van der Waals surface area contributed by atoms with Crippen molar-refractivity contribution in [2.75, 3.05) is 26.0 Å². The number of carbonyl (C=O) groups excluding carboxylic acids is 1. The highest BCUT2D eigenvalue weighted by atomic mass is 32.2. The van der Waals surface area contributed by atoms with Crippen LogP contribution in [0.25, 0.3) is 0 Å². The molecule has 0 aromatic heterocycles. The van der Waals surface area contributed by atoms with E-state index in [1.807, 2.05) is 6.92 Å². The summed E-state index contributed by atoms with van der Waals surface area (Å²) in [4.78, 5) is 22.5. The molecule has 0 heterocycles. The van der Waals surface area contributed by atoms with E-state index in [4.69, 9.17) is 9.84 Å². The molecule has 1 saturated carbocycles. The molecular formula is C13H23NO4S. The van der Waals surface area contributed by atoms with E-state index in [9.17, 15) is 9.59 Å². The number of hydrogen-bond acceptors (Lipinski definition) is 4.